The van der Waals surface area contributed by atoms with Crippen LogP contribution < -0.4 is 0 Å². The van der Waals surface area contributed by atoms with Gasteiger partial charge in [0, 0.05) is 13.0 Å². The lowest BCUT2D eigenvalue weighted by atomic mass is 10.1. The number of hydrogen-bond donors (Lipinski definition) is 1. The molecule has 0 amide bonds. The fourth-order valence-corrected chi connectivity index (χ4v) is 3.31. The highest BCUT2D eigenvalue weighted by Gasteiger charge is 2.17. The summed E-state index contributed by atoms with van der Waals surface area (Å²) in [6.07, 6.45) is 4.43. The SMILES string of the molecule is CCc1nc2ccccc2n1CC(O)CN1CCCCC1. The Morgan fingerprint density at radius 3 is 2.67 bits per heavy atom. The van der Waals surface area contributed by atoms with Gasteiger partial charge in [0.15, 0.2) is 0 Å². The second-order valence-corrected chi connectivity index (χ2v) is 6.00. The quantitative estimate of drug-likeness (QED) is 0.918. The van der Waals surface area contributed by atoms with Crippen LogP contribution in [-0.4, -0.2) is 45.3 Å². The van der Waals surface area contributed by atoms with Crippen molar-refractivity contribution < 1.29 is 5.11 Å². The van der Waals surface area contributed by atoms with E-state index in [1.165, 1.54) is 19.3 Å². The molecular weight excluding hydrogens is 262 g/mol. The first kappa shape index (κ1) is 14.5. The van der Waals surface area contributed by atoms with Crippen LogP contribution in [0.4, 0.5) is 0 Å². The number of benzene rings is 1. The van der Waals surface area contributed by atoms with Crippen LogP contribution in [0.1, 0.15) is 32.0 Å². The first-order chi connectivity index (χ1) is 10.3. The molecule has 2 heterocycles. The second kappa shape index (κ2) is 6.58. The van der Waals surface area contributed by atoms with Gasteiger partial charge in [-0.2, -0.15) is 0 Å². The summed E-state index contributed by atoms with van der Waals surface area (Å²) in [4.78, 5) is 7.06. The molecule has 1 fully saturated rings. The molecule has 0 spiro atoms. The number of rotatable bonds is 5. The molecule has 4 heteroatoms. The Balaban J connectivity index is 1.74. The molecule has 1 saturated heterocycles. The van der Waals surface area contributed by atoms with Crippen LogP contribution in [-0.2, 0) is 13.0 Å². The molecule has 1 aliphatic rings. The number of aromatic nitrogens is 2. The van der Waals surface area contributed by atoms with Crippen molar-refractivity contribution in [2.45, 2.75) is 45.3 Å². The maximum atomic E-state index is 10.5. The summed E-state index contributed by atoms with van der Waals surface area (Å²) in [5.41, 5.74) is 2.16. The van der Waals surface area contributed by atoms with Gasteiger partial charge in [0.25, 0.3) is 0 Å². The monoisotopic (exact) mass is 287 g/mol. The number of para-hydroxylation sites is 2. The van der Waals surface area contributed by atoms with E-state index in [2.05, 4.69) is 27.4 Å². The number of aliphatic hydroxyl groups excluding tert-OH is 1. The molecule has 3 rings (SSSR count). The summed E-state index contributed by atoms with van der Waals surface area (Å²) < 4.78 is 2.18. The number of imidazole rings is 1. The van der Waals surface area contributed by atoms with Gasteiger partial charge in [-0.05, 0) is 38.1 Å². The van der Waals surface area contributed by atoms with Crippen LogP contribution >= 0.6 is 0 Å². The Morgan fingerprint density at radius 1 is 1.14 bits per heavy atom. The van der Waals surface area contributed by atoms with Gasteiger partial charge in [0.1, 0.15) is 5.82 Å². The van der Waals surface area contributed by atoms with Crippen molar-refractivity contribution in [3.63, 3.8) is 0 Å². The number of aliphatic hydroxyl groups is 1. The molecule has 2 aromatic rings. The number of hydrogen-bond acceptors (Lipinski definition) is 3. The highest BCUT2D eigenvalue weighted by molar-refractivity contribution is 5.75. The van der Waals surface area contributed by atoms with Gasteiger partial charge in [-0.25, -0.2) is 4.98 Å². The molecule has 1 unspecified atom stereocenters. The van der Waals surface area contributed by atoms with E-state index in [1.807, 2.05) is 18.2 Å². The van der Waals surface area contributed by atoms with Crippen molar-refractivity contribution in [2.75, 3.05) is 19.6 Å². The minimum absolute atomic E-state index is 0.328. The molecular formula is C17H25N3O. The predicted molar refractivity (Wildman–Crippen MR) is 85.4 cm³/mol. The Hall–Kier alpha value is -1.39. The zero-order valence-corrected chi connectivity index (χ0v) is 12.8. The summed E-state index contributed by atoms with van der Waals surface area (Å²) in [6, 6.07) is 8.19. The first-order valence-corrected chi connectivity index (χ1v) is 8.12. The van der Waals surface area contributed by atoms with Gasteiger partial charge in [-0.3, -0.25) is 0 Å². The lowest BCUT2D eigenvalue weighted by Gasteiger charge is -2.28. The zero-order valence-electron chi connectivity index (χ0n) is 12.8. The zero-order chi connectivity index (χ0) is 14.7. The topological polar surface area (TPSA) is 41.3 Å². The summed E-state index contributed by atoms with van der Waals surface area (Å²) in [7, 11) is 0. The van der Waals surface area contributed by atoms with Crippen molar-refractivity contribution in [1.82, 2.24) is 14.5 Å². The number of nitrogens with zero attached hydrogens (tertiary/aromatic N) is 3. The molecule has 0 saturated carbocycles. The maximum Gasteiger partial charge on any atom is 0.109 e. The second-order valence-electron chi connectivity index (χ2n) is 6.00. The Kier molecular flexibility index (Phi) is 4.56. The summed E-state index contributed by atoms with van der Waals surface area (Å²) in [6.45, 7) is 5.79. The largest absolute Gasteiger partial charge is 0.390 e. The van der Waals surface area contributed by atoms with Crippen LogP contribution in [0.15, 0.2) is 24.3 Å². The first-order valence-electron chi connectivity index (χ1n) is 8.12. The molecule has 114 valence electrons. The lowest BCUT2D eigenvalue weighted by Crippen LogP contribution is -2.38. The minimum atomic E-state index is -0.328. The third kappa shape index (κ3) is 3.27. The van der Waals surface area contributed by atoms with Gasteiger partial charge in [0.2, 0.25) is 0 Å². The van der Waals surface area contributed by atoms with Gasteiger partial charge >= 0.3 is 0 Å². The van der Waals surface area contributed by atoms with E-state index in [4.69, 9.17) is 0 Å². The van der Waals surface area contributed by atoms with Crippen LogP contribution in [0.25, 0.3) is 11.0 Å². The Labute approximate surface area is 126 Å². The van der Waals surface area contributed by atoms with E-state index in [9.17, 15) is 5.11 Å². The highest BCUT2D eigenvalue weighted by Crippen LogP contribution is 2.17. The highest BCUT2D eigenvalue weighted by atomic mass is 16.3. The molecule has 1 aliphatic heterocycles. The van der Waals surface area contributed by atoms with E-state index in [0.717, 1.165) is 42.9 Å². The molecule has 4 nitrogen and oxygen atoms in total. The number of aryl methyl sites for hydroxylation is 1. The molecule has 1 N–H and O–H groups in total. The smallest absolute Gasteiger partial charge is 0.109 e. The molecule has 1 aromatic heterocycles. The van der Waals surface area contributed by atoms with Crippen molar-refractivity contribution in [3.8, 4) is 0 Å². The Morgan fingerprint density at radius 2 is 1.90 bits per heavy atom. The molecule has 0 bridgehead atoms. The molecule has 0 radical (unpaired) electrons. The van der Waals surface area contributed by atoms with Crippen molar-refractivity contribution in [1.29, 1.82) is 0 Å². The van der Waals surface area contributed by atoms with Gasteiger partial charge in [-0.15, -0.1) is 0 Å². The van der Waals surface area contributed by atoms with Gasteiger partial charge in [-0.1, -0.05) is 25.5 Å². The van der Waals surface area contributed by atoms with Crippen molar-refractivity contribution in [2.24, 2.45) is 0 Å². The van der Waals surface area contributed by atoms with E-state index in [1.54, 1.807) is 0 Å². The third-order valence-electron chi connectivity index (χ3n) is 4.36. The van der Waals surface area contributed by atoms with Crippen molar-refractivity contribution in [3.05, 3.63) is 30.1 Å². The molecule has 21 heavy (non-hydrogen) atoms. The lowest BCUT2D eigenvalue weighted by molar-refractivity contribution is 0.0885. The van der Waals surface area contributed by atoms with E-state index < -0.39 is 0 Å². The van der Waals surface area contributed by atoms with Crippen LogP contribution in [0, 0.1) is 0 Å². The minimum Gasteiger partial charge on any atom is -0.390 e. The average Bonchev–Trinajstić information content (AvgIpc) is 2.86. The van der Waals surface area contributed by atoms with Crippen LogP contribution in [0.5, 0.6) is 0 Å². The number of fused-ring (bicyclic) bond motifs is 1. The number of β-amino-alcohol motifs (C(OH)–C–C–N with tert-alkyl or cyclic N) is 1. The number of likely N-dealkylation sites (tertiary alicyclic amines) is 1. The summed E-state index contributed by atoms with van der Waals surface area (Å²) in [5.74, 6) is 1.06. The maximum absolute atomic E-state index is 10.5. The summed E-state index contributed by atoms with van der Waals surface area (Å²) in [5, 5.41) is 10.5. The van der Waals surface area contributed by atoms with Gasteiger partial charge < -0.3 is 14.6 Å². The summed E-state index contributed by atoms with van der Waals surface area (Å²) >= 11 is 0. The fraction of sp³-hybridized carbons (Fsp3) is 0.588. The molecule has 0 aliphatic carbocycles. The van der Waals surface area contributed by atoms with E-state index >= 15 is 0 Å². The Bertz CT molecular complexity index is 587. The molecule has 1 aromatic carbocycles. The normalized spacial score (nSPS) is 18.2. The van der Waals surface area contributed by atoms with Gasteiger partial charge in [0.05, 0.1) is 23.7 Å². The van der Waals surface area contributed by atoms with Crippen LogP contribution in [0.3, 0.4) is 0 Å². The number of piperidine rings is 1. The van der Waals surface area contributed by atoms with E-state index in [0.29, 0.717) is 6.54 Å². The standard InChI is InChI=1S/C17H25N3O/c1-2-17-18-15-8-4-5-9-16(15)20(17)13-14(21)12-19-10-6-3-7-11-19/h4-5,8-9,14,21H,2-3,6-7,10-13H2,1H3. The predicted octanol–water partition coefficient (Wildman–Crippen LogP) is 2.45. The third-order valence-corrected chi connectivity index (χ3v) is 4.36. The van der Waals surface area contributed by atoms with E-state index in [-0.39, 0.29) is 6.10 Å². The fourth-order valence-electron chi connectivity index (χ4n) is 3.31. The molecule has 1 atom stereocenters. The van der Waals surface area contributed by atoms with Crippen molar-refractivity contribution >= 4 is 11.0 Å². The van der Waals surface area contributed by atoms with Crippen LogP contribution in [0.2, 0.25) is 0 Å². The average molecular weight is 287 g/mol.